The Morgan fingerprint density at radius 3 is 2.78 bits per heavy atom. The van der Waals surface area contributed by atoms with Crippen LogP contribution in [0.2, 0.25) is 0 Å². The first-order valence-corrected chi connectivity index (χ1v) is 8.55. The van der Waals surface area contributed by atoms with Gasteiger partial charge in [0.2, 0.25) is 5.88 Å². The second-order valence-corrected chi connectivity index (χ2v) is 5.95. The minimum atomic E-state index is 0.443. The van der Waals surface area contributed by atoms with E-state index in [4.69, 9.17) is 14.2 Å². The van der Waals surface area contributed by atoms with Crippen molar-refractivity contribution in [2.24, 2.45) is 0 Å². The largest absolute Gasteiger partial charge is 0.486 e. The molecule has 2 heterocycles. The number of aldehydes is 1. The molecule has 1 aliphatic rings. The van der Waals surface area contributed by atoms with Crippen molar-refractivity contribution >= 4 is 17.7 Å². The maximum Gasteiger partial charge on any atom is 0.238 e. The van der Waals surface area contributed by atoms with Gasteiger partial charge in [-0.3, -0.25) is 4.79 Å². The van der Waals surface area contributed by atoms with E-state index in [1.807, 2.05) is 42.5 Å². The molecule has 6 heteroatoms. The van der Waals surface area contributed by atoms with Crippen LogP contribution in [0.5, 0.6) is 17.4 Å². The van der Waals surface area contributed by atoms with Crippen molar-refractivity contribution in [2.75, 3.05) is 25.6 Å². The number of benzene rings is 2. The Hall–Kier alpha value is -3.54. The van der Waals surface area contributed by atoms with E-state index < -0.39 is 0 Å². The summed E-state index contributed by atoms with van der Waals surface area (Å²) in [4.78, 5) is 15.6. The van der Waals surface area contributed by atoms with Gasteiger partial charge in [0, 0.05) is 16.8 Å². The summed E-state index contributed by atoms with van der Waals surface area (Å²) in [6.45, 7) is 1.05. The van der Waals surface area contributed by atoms with E-state index in [1.165, 1.54) is 0 Å². The van der Waals surface area contributed by atoms with Crippen molar-refractivity contribution in [1.82, 2.24) is 4.98 Å². The van der Waals surface area contributed by atoms with Gasteiger partial charge >= 0.3 is 0 Å². The van der Waals surface area contributed by atoms with E-state index in [0.717, 1.165) is 23.2 Å². The standard InChI is InChI=1S/C21H18N2O4/c1-25-21-18(22-15-5-2-4-14(12-15)13-24)9-8-17(23-21)16-6-3-7-19-20(16)27-11-10-26-19/h2-9,12-13,22H,10-11H2,1H3. The number of para-hydroxylation sites is 1. The lowest BCUT2D eigenvalue weighted by atomic mass is 10.1. The van der Waals surface area contributed by atoms with Gasteiger partial charge in [0.25, 0.3) is 0 Å². The van der Waals surface area contributed by atoms with Crippen LogP contribution in [0, 0.1) is 0 Å². The fraction of sp³-hybridized carbons (Fsp3) is 0.143. The number of pyridine rings is 1. The Morgan fingerprint density at radius 2 is 1.93 bits per heavy atom. The molecule has 136 valence electrons. The van der Waals surface area contributed by atoms with Gasteiger partial charge in [0.15, 0.2) is 11.5 Å². The summed E-state index contributed by atoms with van der Waals surface area (Å²) in [6, 6.07) is 16.7. The van der Waals surface area contributed by atoms with Crippen molar-refractivity contribution in [2.45, 2.75) is 0 Å². The smallest absolute Gasteiger partial charge is 0.238 e. The molecule has 4 rings (SSSR count). The minimum Gasteiger partial charge on any atom is -0.486 e. The molecule has 0 unspecified atom stereocenters. The Morgan fingerprint density at radius 1 is 1.07 bits per heavy atom. The number of fused-ring (bicyclic) bond motifs is 1. The number of aromatic nitrogens is 1. The van der Waals surface area contributed by atoms with Crippen LogP contribution in [-0.2, 0) is 0 Å². The summed E-state index contributed by atoms with van der Waals surface area (Å²) in [5.41, 5.74) is 3.64. The van der Waals surface area contributed by atoms with Gasteiger partial charge in [-0.15, -0.1) is 0 Å². The van der Waals surface area contributed by atoms with E-state index in [9.17, 15) is 4.79 Å². The third-order valence-electron chi connectivity index (χ3n) is 4.20. The molecule has 27 heavy (non-hydrogen) atoms. The second-order valence-electron chi connectivity index (χ2n) is 5.95. The van der Waals surface area contributed by atoms with Gasteiger partial charge in [-0.2, -0.15) is 0 Å². The highest BCUT2D eigenvalue weighted by Gasteiger charge is 2.18. The van der Waals surface area contributed by atoms with Crippen LogP contribution in [0.25, 0.3) is 11.3 Å². The molecule has 1 aliphatic heterocycles. The molecule has 0 atom stereocenters. The van der Waals surface area contributed by atoms with E-state index in [1.54, 1.807) is 19.2 Å². The van der Waals surface area contributed by atoms with Crippen LogP contribution in [0.1, 0.15) is 10.4 Å². The van der Waals surface area contributed by atoms with Crippen molar-refractivity contribution < 1.29 is 19.0 Å². The lowest BCUT2D eigenvalue weighted by Crippen LogP contribution is -2.16. The van der Waals surface area contributed by atoms with Crippen molar-refractivity contribution in [3.8, 4) is 28.6 Å². The van der Waals surface area contributed by atoms with E-state index in [2.05, 4.69) is 10.3 Å². The van der Waals surface area contributed by atoms with E-state index >= 15 is 0 Å². The van der Waals surface area contributed by atoms with Gasteiger partial charge < -0.3 is 19.5 Å². The Kier molecular flexibility index (Phi) is 4.61. The molecular formula is C21H18N2O4. The average Bonchev–Trinajstić information content (AvgIpc) is 2.74. The summed E-state index contributed by atoms with van der Waals surface area (Å²) >= 11 is 0. The molecule has 0 saturated heterocycles. The Bertz CT molecular complexity index is 988. The summed E-state index contributed by atoms with van der Waals surface area (Å²) in [5.74, 6) is 1.85. The summed E-state index contributed by atoms with van der Waals surface area (Å²) < 4.78 is 16.9. The van der Waals surface area contributed by atoms with Crippen LogP contribution in [0.15, 0.2) is 54.6 Å². The van der Waals surface area contributed by atoms with Gasteiger partial charge in [-0.1, -0.05) is 18.2 Å². The number of methoxy groups -OCH3 is 1. The van der Waals surface area contributed by atoms with Crippen molar-refractivity contribution in [1.29, 1.82) is 0 Å². The molecular weight excluding hydrogens is 344 g/mol. The van der Waals surface area contributed by atoms with Crippen molar-refractivity contribution in [3.63, 3.8) is 0 Å². The Balaban J connectivity index is 1.69. The predicted molar refractivity (Wildman–Crippen MR) is 102 cm³/mol. The van der Waals surface area contributed by atoms with Crippen LogP contribution in [0.3, 0.4) is 0 Å². The lowest BCUT2D eigenvalue weighted by Gasteiger charge is -2.21. The molecule has 3 aromatic rings. The lowest BCUT2D eigenvalue weighted by molar-refractivity contribution is 0.112. The molecule has 0 bridgehead atoms. The van der Waals surface area contributed by atoms with Crippen LogP contribution < -0.4 is 19.5 Å². The average molecular weight is 362 g/mol. The molecule has 1 aromatic heterocycles. The molecule has 0 fully saturated rings. The maximum atomic E-state index is 11.0. The van der Waals surface area contributed by atoms with Crippen LogP contribution in [-0.4, -0.2) is 31.6 Å². The molecule has 0 radical (unpaired) electrons. The minimum absolute atomic E-state index is 0.443. The highest BCUT2D eigenvalue weighted by Crippen LogP contribution is 2.40. The first-order valence-electron chi connectivity index (χ1n) is 8.55. The quantitative estimate of drug-likeness (QED) is 0.690. The normalized spacial score (nSPS) is 12.3. The number of carbonyl (C=O) groups is 1. The number of nitrogens with one attached hydrogen (secondary N) is 1. The molecule has 0 amide bonds. The SMILES string of the molecule is COc1nc(-c2cccc3c2OCCO3)ccc1Nc1cccc(C=O)c1. The second kappa shape index (κ2) is 7.37. The third-order valence-corrected chi connectivity index (χ3v) is 4.20. The molecule has 0 aliphatic carbocycles. The first-order chi connectivity index (χ1) is 13.3. The zero-order valence-corrected chi connectivity index (χ0v) is 14.8. The maximum absolute atomic E-state index is 11.0. The monoisotopic (exact) mass is 362 g/mol. The fourth-order valence-electron chi connectivity index (χ4n) is 2.96. The van der Waals surface area contributed by atoms with E-state index in [-0.39, 0.29) is 0 Å². The highest BCUT2D eigenvalue weighted by molar-refractivity contribution is 5.79. The summed E-state index contributed by atoms with van der Waals surface area (Å²) in [7, 11) is 1.57. The zero-order chi connectivity index (χ0) is 18.6. The van der Waals surface area contributed by atoms with Gasteiger partial charge in [0.05, 0.1) is 12.8 Å². The molecule has 1 N–H and O–H groups in total. The summed E-state index contributed by atoms with van der Waals surface area (Å²) in [5, 5.41) is 3.24. The number of carbonyl (C=O) groups excluding carboxylic acids is 1. The highest BCUT2D eigenvalue weighted by atomic mass is 16.6. The van der Waals surface area contributed by atoms with Gasteiger partial charge in [-0.05, 0) is 36.4 Å². The number of ether oxygens (including phenoxy) is 3. The molecule has 2 aromatic carbocycles. The third kappa shape index (κ3) is 3.42. The number of rotatable bonds is 5. The van der Waals surface area contributed by atoms with Crippen LogP contribution >= 0.6 is 0 Å². The predicted octanol–water partition coefficient (Wildman–Crippen LogP) is 4.08. The van der Waals surface area contributed by atoms with Crippen LogP contribution in [0.4, 0.5) is 11.4 Å². The fourth-order valence-corrected chi connectivity index (χ4v) is 2.96. The topological polar surface area (TPSA) is 69.7 Å². The van der Waals surface area contributed by atoms with E-state index in [0.29, 0.717) is 41.8 Å². The number of nitrogens with zero attached hydrogens (tertiary/aromatic N) is 1. The van der Waals surface area contributed by atoms with Crippen molar-refractivity contribution in [3.05, 3.63) is 60.2 Å². The summed E-state index contributed by atoms with van der Waals surface area (Å²) in [6.07, 6.45) is 0.810. The Labute approximate surface area is 156 Å². The molecule has 6 nitrogen and oxygen atoms in total. The molecule has 0 spiro atoms. The first kappa shape index (κ1) is 16.9. The molecule has 0 saturated carbocycles. The number of hydrogen-bond donors (Lipinski definition) is 1. The zero-order valence-electron chi connectivity index (χ0n) is 14.8. The van der Waals surface area contributed by atoms with Gasteiger partial charge in [-0.25, -0.2) is 4.98 Å². The number of anilines is 2. The van der Waals surface area contributed by atoms with Gasteiger partial charge in [0.1, 0.15) is 25.2 Å². The number of hydrogen-bond acceptors (Lipinski definition) is 6.